The van der Waals surface area contributed by atoms with Crippen molar-refractivity contribution in [2.75, 3.05) is 25.5 Å². The molecule has 1 aliphatic rings. The summed E-state index contributed by atoms with van der Waals surface area (Å²) in [6.45, 7) is 2.69. The normalized spacial score (nSPS) is 14.9. The van der Waals surface area contributed by atoms with Gasteiger partial charge in [0, 0.05) is 31.4 Å². The van der Waals surface area contributed by atoms with Crippen LogP contribution in [0.4, 0.5) is 5.69 Å². The summed E-state index contributed by atoms with van der Waals surface area (Å²) < 4.78 is 27.1. The van der Waals surface area contributed by atoms with Crippen molar-refractivity contribution in [3.63, 3.8) is 0 Å². The summed E-state index contributed by atoms with van der Waals surface area (Å²) in [4.78, 5) is 24.9. The van der Waals surface area contributed by atoms with E-state index >= 15 is 0 Å². The Labute approximate surface area is 162 Å². The van der Waals surface area contributed by atoms with E-state index in [4.69, 9.17) is 0 Å². The second-order valence-corrected chi connectivity index (χ2v) is 9.06. The molecule has 1 aliphatic heterocycles. The van der Waals surface area contributed by atoms with Crippen molar-refractivity contribution in [3.8, 4) is 0 Å². The van der Waals surface area contributed by atoms with E-state index in [2.05, 4.69) is 10.6 Å². The van der Waals surface area contributed by atoms with Crippen LogP contribution in [-0.2, 0) is 10.0 Å². The number of sulfonamides is 1. The van der Waals surface area contributed by atoms with Crippen LogP contribution in [0.2, 0.25) is 0 Å². The third-order valence-electron chi connectivity index (χ3n) is 4.57. The van der Waals surface area contributed by atoms with E-state index in [9.17, 15) is 18.0 Å². The molecule has 2 N–H and O–H groups in total. The van der Waals surface area contributed by atoms with Crippen LogP contribution in [0.25, 0.3) is 0 Å². The summed E-state index contributed by atoms with van der Waals surface area (Å²) in [6.07, 6.45) is 1.66. The van der Waals surface area contributed by atoms with Crippen LogP contribution in [0.3, 0.4) is 0 Å². The predicted molar refractivity (Wildman–Crippen MR) is 105 cm³/mol. The molecule has 1 fully saturated rings. The first-order valence-corrected chi connectivity index (χ1v) is 10.9. The lowest BCUT2D eigenvalue weighted by Gasteiger charge is -2.16. The molecular weight excluding hydrogens is 386 g/mol. The maximum atomic E-state index is 12.8. The van der Waals surface area contributed by atoms with Crippen LogP contribution >= 0.6 is 11.3 Å². The van der Waals surface area contributed by atoms with Crippen LogP contribution in [0.15, 0.2) is 34.5 Å². The second-order valence-electron chi connectivity index (χ2n) is 6.24. The number of amides is 2. The van der Waals surface area contributed by atoms with Crippen LogP contribution < -0.4 is 10.6 Å². The fourth-order valence-corrected chi connectivity index (χ4v) is 5.88. The lowest BCUT2D eigenvalue weighted by molar-refractivity contribution is 0.0960. The number of hydrogen-bond donors (Lipinski definition) is 2. The zero-order chi connectivity index (χ0) is 19.6. The van der Waals surface area contributed by atoms with Crippen molar-refractivity contribution in [2.24, 2.45) is 0 Å². The molecule has 2 aromatic rings. The van der Waals surface area contributed by atoms with E-state index in [1.807, 2.05) is 0 Å². The molecule has 0 atom stereocenters. The Hall–Kier alpha value is -2.23. The van der Waals surface area contributed by atoms with Gasteiger partial charge in [-0.2, -0.15) is 4.31 Å². The lowest BCUT2D eigenvalue weighted by atomic mass is 10.1. The van der Waals surface area contributed by atoms with E-state index in [1.54, 1.807) is 30.5 Å². The number of thiophene rings is 1. The maximum absolute atomic E-state index is 12.8. The summed E-state index contributed by atoms with van der Waals surface area (Å²) >= 11 is 1.09. The van der Waals surface area contributed by atoms with Gasteiger partial charge >= 0.3 is 0 Å². The van der Waals surface area contributed by atoms with Crippen molar-refractivity contribution >= 4 is 38.9 Å². The Bertz CT molecular complexity index is 976. The van der Waals surface area contributed by atoms with Crippen molar-refractivity contribution in [2.45, 2.75) is 24.7 Å². The van der Waals surface area contributed by atoms with Gasteiger partial charge in [0.15, 0.2) is 0 Å². The van der Waals surface area contributed by atoms with Gasteiger partial charge in [0.2, 0.25) is 10.0 Å². The van der Waals surface area contributed by atoms with E-state index in [0.717, 1.165) is 24.2 Å². The van der Waals surface area contributed by atoms with Crippen molar-refractivity contribution < 1.29 is 18.0 Å². The molecule has 0 unspecified atom stereocenters. The smallest absolute Gasteiger partial charge is 0.267 e. The molecule has 0 bridgehead atoms. The number of benzene rings is 1. The molecule has 0 saturated carbocycles. The summed E-state index contributed by atoms with van der Waals surface area (Å²) in [5.74, 6) is -0.753. The van der Waals surface area contributed by atoms with Gasteiger partial charge in [0.1, 0.15) is 9.77 Å². The van der Waals surface area contributed by atoms with E-state index < -0.39 is 15.9 Å². The number of nitrogens with zero attached hydrogens (tertiary/aromatic N) is 1. The Kier molecular flexibility index (Phi) is 5.64. The molecule has 3 rings (SSSR count). The number of carbonyl (C=O) groups excluding carboxylic acids is 2. The molecule has 144 valence electrons. The minimum atomic E-state index is -3.68. The number of nitrogens with one attached hydrogen (secondary N) is 2. The first-order valence-electron chi connectivity index (χ1n) is 8.57. The molecule has 0 aliphatic carbocycles. The van der Waals surface area contributed by atoms with Gasteiger partial charge < -0.3 is 10.6 Å². The highest BCUT2D eigenvalue weighted by atomic mass is 32.2. The average molecular weight is 408 g/mol. The highest BCUT2D eigenvalue weighted by Crippen LogP contribution is 2.29. The highest BCUT2D eigenvalue weighted by molar-refractivity contribution is 7.89. The summed E-state index contributed by atoms with van der Waals surface area (Å²) in [5.41, 5.74) is 1.54. The van der Waals surface area contributed by atoms with Crippen molar-refractivity contribution in [1.29, 1.82) is 0 Å². The molecule has 2 amide bonds. The Morgan fingerprint density at radius 2 is 1.81 bits per heavy atom. The molecule has 7 nitrogen and oxygen atoms in total. The average Bonchev–Trinajstić information content (AvgIpc) is 3.35. The van der Waals surface area contributed by atoms with Gasteiger partial charge in [0.25, 0.3) is 11.8 Å². The first-order chi connectivity index (χ1) is 12.9. The monoisotopic (exact) mass is 407 g/mol. The molecule has 1 aromatic heterocycles. The topological polar surface area (TPSA) is 95.6 Å². The van der Waals surface area contributed by atoms with E-state index in [0.29, 0.717) is 29.9 Å². The third kappa shape index (κ3) is 3.76. The lowest BCUT2D eigenvalue weighted by Crippen LogP contribution is -2.29. The van der Waals surface area contributed by atoms with Gasteiger partial charge in [-0.3, -0.25) is 9.59 Å². The number of hydrogen-bond acceptors (Lipinski definition) is 5. The fourth-order valence-electron chi connectivity index (χ4n) is 3.06. The molecule has 1 saturated heterocycles. The zero-order valence-corrected chi connectivity index (χ0v) is 16.7. The highest BCUT2D eigenvalue weighted by Gasteiger charge is 2.32. The van der Waals surface area contributed by atoms with Crippen LogP contribution in [0, 0.1) is 6.92 Å². The zero-order valence-electron chi connectivity index (χ0n) is 15.1. The number of rotatable bonds is 5. The molecule has 9 heteroatoms. The standard InChI is InChI=1S/C18H21N3O4S2/c1-12-13(17(22)19-2)6-5-7-14(12)20-18(23)16-15(8-11-26-16)27(24,25)21-9-3-4-10-21/h5-8,11H,3-4,9-10H2,1-2H3,(H,19,22)(H,20,23). The Morgan fingerprint density at radius 3 is 2.48 bits per heavy atom. The van der Waals surface area contributed by atoms with Gasteiger partial charge in [0.05, 0.1) is 0 Å². The van der Waals surface area contributed by atoms with Gasteiger partial charge in [-0.05, 0) is 48.9 Å². The van der Waals surface area contributed by atoms with Crippen molar-refractivity contribution in [3.05, 3.63) is 45.6 Å². The van der Waals surface area contributed by atoms with E-state index in [1.165, 1.54) is 17.4 Å². The van der Waals surface area contributed by atoms with Crippen molar-refractivity contribution in [1.82, 2.24) is 9.62 Å². The first kappa shape index (κ1) is 19.5. The summed E-state index contributed by atoms with van der Waals surface area (Å²) in [5, 5.41) is 6.90. The van der Waals surface area contributed by atoms with E-state index in [-0.39, 0.29) is 15.7 Å². The maximum Gasteiger partial charge on any atom is 0.267 e. The Balaban J connectivity index is 1.89. The SMILES string of the molecule is CNC(=O)c1cccc(NC(=O)c2sccc2S(=O)(=O)N2CCCC2)c1C. The van der Waals surface area contributed by atoms with Crippen LogP contribution in [0.5, 0.6) is 0 Å². The summed E-state index contributed by atoms with van der Waals surface area (Å²) in [7, 11) is -2.14. The second kappa shape index (κ2) is 7.79. The quantitative estimate of drug-likeness (QED) is 0.796. The van der Waals surface area contributed by atoms with Gasteiger partial charge in [-0.25, -0.2) is 8.42 Å². The number of carbonyl (C=O) groups is 2. The molecule has 0 spiro atoms. The minimum absolute atomic E-state index is 0.0343. The van der Waals surface area contributed by atoms with Crippen LogP contribution in [-0.4, -0.2) is 44.7 Å². The molecule has 1 aromatic carbocycles. The minimum Gasteiger partial charge on any atom is -0.355 e. The Morgan fingerprint density at radius 1 is 1.11 bits per heavy atom. The predicted octanol–water partition coefficient (Wildman–Crippen LogP) is 2.45. The fraction of sp³-hybridized carbons (Fsp3) is 0.333. The number of anilines is 1. The van der Waals surface area contributed by atoms with Gasteiger partial charge in [-0.15, -0.1) is 11.3 Å². The molecule has 2 heterocycles. The third-order valence-corrected chi connectivity index (χ3v) is 7.56. The van der Waals surface area contributed by atoms with Crippen LogP contribution in [0.1, 0.15) is 38.4 Å². The summed E-state index contributed by atoms with van der Waals surface area (Å²) in [6, 6.07) is 6.49. The largest absolute Gasteiger partial charge is 0.355 e. The van der Waals surface area contributed by atoms with Gasteiger partial charge in [-0.1, -0.05) is 6.07 Å². The molecular formula is C18H21N3O4S2. The molecule has 27 heavy (non-hydrogen) atoms. The molecule has 0 radical (unpaired) electrons.